The highest BCUT2D eigenvalue weighted by atomic mass is 35.5. The maximum atomic E-state index is 8.72. The molecular weight excluding hydrogens is 222 g/mol. The Balaban J connectivity index is 2.39. The molecule has 0 bridgehead atoms. The summed E-state index contributed by atoms with van der Waals surface area (Å²) in [5.41, 5.74) is 2.31. The Morgan fingerprint density at radius 3 is 2.81 bits per heavy atom. The Hall–Kier alpha value is -0.570. The summed E-state index contributed by atoms with van der Waals surface area (Å²) in [5.74, 6) is 0. The van der Waals surface area contributed by atoms with Gasteiger partial charge >= 0.3 is 0 Å². The number of halogens is 1. The zero-order chi connectivity index (χ0) is 12.0. The van der Waals surface area contributed by atoms with Crippen molar-refractivity contribution in [3.8, 4) is 0 Å². The predicted octanol–water partition coefficient (Wildman–Crippen LogP) is 2.90. The van der Waals surface area contributed by atoms with E-state index in [4.69, 9.17) is 16.7 Å². The third kappa shape index (κ3) is 4.52. The first-order valence-corrected chi connectivity index (χ1v) is 6.10. The SMILES string of the molecule is Cc1ccc(CNC(C)CCCO)cc1Cl. The minimum absolute atomic E-state index is 0.266. The van der Waals surface area contributed by atoms with Gasteiger partial charge in [-0.05, 0) is 43.9 Å². The molecule has 1 rings (SSSR count). The number of aliphatic hydroxyl groups excluding tert-OH is 1. The summed E-state index contributed by atoms with van der Waals surface area (Å²) in [7, 11) is 0. The van der Waals surface area contributed by atoms with Crippen molar-refractivity contribution in [2.75, 3.05) is 6.61 Å². The molecular formula is C13H20ClNO. The highest BCUT2D eigenvalue weighted by molar-refractivity contribution is 6.31. The molecule has 0 aliphatic rings. The van der Waals surface area contributed by atoms with Crippen LogP contribution in [0.1, 0.15) is 30.9 Å². The summed E-state index contributed by atoms with van der Waals surface area (Å²) in [6.07, 6.45) is 1.85. The van der Waals surface area contributed by atoms with Crippen molar-refractivity contribution in [1.29, 1.82) is 0 Å². The predicted molar refractivity (Wildman–Crippen MR) is 68.8 cm³/mol. The number of aryl methyl sites for hydroxylation is 1. The van der Waals surface area contributed by atoms with E-state index in [1.165, 1.54) is 5.56 Å². The van der Waals surface area contributed by atoms with Gasteiger partial charge in [0.25, 0.3) is 0 Å². The molecule has 0 heterocycles. The Labute approximate surface area is 103 Å². The summed E-state index contributed by atoms with van der Waals surface area (Å²) in [4.78, 5) is 0. The molecule has 0 aromatic heterocycles. The van der Waals surface area contributed by atoms with Gasteiger partial charge in [0.1, 0.15) is 0 Å². The second-order valence-electron chi connectivity index (χ2n) is 4.23. The molecule has 16 heavy (non-hydrogen) atoms. The molecule has 1 atom stereocenters. The van der Waals surface area contributed by atoms with Crippen LogP contribution in [0, 0.1) is 6.92 Å². The average molecular weight is 242 g/mol. The van der Waals surface area contributed by atoms with Gasteiger partial charge < -0.3 is 10.4 Å². The molecule has 0 saturated carbocycles. The fourth-order valence-corrected chi connectivity index (χ4v) is 1.74. The molecule has 2 N–H and O–H groups in total. The van der Waals surface area contributed by atoms with Crippen molar-refractivity contribution in [3.05, 3.63) is 34.3 Å². The van der Waals surface area contributed by atoms with Crippen LogP contribution in [0.25, 0.3) is 0 Å². The van der Waals surface area contributed by atoms with Gasteiger partial charge in [-0.1, -0.05) is 23.7 Å². The summed E-state index contributed by atoms with van der Waals surface area (Å²) in [6.45, 7) is 5.23. The van der Waals surface area contributed by atoms with E-state index < -0.39 is 0 Å². The number of benzene rings is 1. The van der Waals surface area contributed by atoms with Crippen molar-refractivity contribution in [2.24, 2.45) is 0 Å². The number of rotatable bonds is 6. The Morgan fingerprint density at radius 2 is 2.19 bits per heavy atom. The number of aliphatic hydroxyl groups is 1. The fourth-order valence-electron chi connectivity index (χ4n) is 1.54. The van der Waals surface area contributed by atoms with Crippen molar-refractivity contribution >= 4 is 11.6 Å². The molecule has 90 valence electrons. The van der Waals surface area contributed by atoms with Crippen LogP contribution in [0.15, 0.2) is 18.2 Å². The average Bonchev–Trinajstić information content (AvgIpc) is 2.28. The largest absolute Gasteiger partial charge is 0.396 e. The molecule has 0 aliphatic carbocycles. The van der Waals surface area contributed by atoms with Crippen LogP contribution in [-0.4, -0.2) is 17.8 Å². The summed E-state index contributed by atoms with van der Waals surface area (Å²) < 4.78 is 0. The maximum absolute atomic E-state index is 8.72. The first kappa shape index (κ1) is 13.5. The van der Waals surface area contributed by atoms with Crippen molar-refractivity contribution in [2.45, 2.75) is 39.3 Å². The van der Waals surface area contributed by atoms with Gasteiger partial charge in [-0.2, -0.15) is 0 Å². The number of hydrogen-bond donors (Lipinski definition) is 2. The molecule has 1 unspecified atom stereocenters. The molecule has 0 spiro atoms. The van der Waals surface area contributed by atoms with E-state index in [0.717, 1.165) is 30.0 Å². The zero-order valence-electron chi connectivity index (χ0n) is 9.96. The van der Waals surface area contributed by atoms with Gasteiger partial charge in [-0.25, -0.2) is 0 Å². The first-order valence-electron chi connectivity index (χ1n) is 5.72. The van der Waals surface area contributed by atoms with Crippen LogP contribution in [0.5, 0.6) is 0 Å². The lowest BCUT2D eigenvalue weighted by Crippen LogP contribution is -2.25. The third-order valence-electron chi connectivity index (χ3n) is 2.69. The summed E-state index contributed by atoms with van der Waals surface area (Å²) >= 11 is 6.05. The van der Waals surface area contributed by atoms with E-state index in [1.54, 1.807) is 0 Å². The molecule has 1 aromatic rings. The van der Waals surface area contributed by atoms with E-state index in [0.29, 0.717) is 6.04 Å². The lowest BCUT2D eigenvalue weighted by Gasteiger charge is -2.13. The van der Waals surface area contributed by atoms with E-state index >= 15 is 0 Å². The second kappa shape index (κ2) is 6.89. The van der Waals surface area contributed by atoms with Crippen molar-refractivity contribution in [3.63, 3.8) is 0 Å². The first-order chi connectivity index (χ1) is 7.63. The van der Waals surface area contributed by atoms with E-state index in [2.05, 4.69) is 18.3 Å². The molecule has 3 heteroatoms. The molecule has 2 nitrogen and oxygen atoms in total. The van der Waals surface area contributed by atoms with Crippen LogP contribution in [-0.2, 0) is 6.54 Å². The molecule has 0 radical (unpaired) electrons. The highest BCUT2D eigenvalue weighted by Crippen LogP contribution is 2.16. The smallest absolute Gasteiger partial charge is 0.0438 e. The van der Waals surface area contributed by atoms with Gasteiger partial charge in [0.15, 0.2) is 0 Å². The molecule has 0 saturated heterocycles. The van der Waals surface area contributed by atoms with Crippen LogP contribution >= 0.6 is 11.6 Å². The lowest BCUT2D eigenvalue weighted by molar-refractivity contribution is 0.276. The van der Waals surface area contributed by atoms with Gasteiger partial charge in [0, 0.05) is 24.2 Å². The number of nitrogens with one attached hydrogen (secondary N) is 1. The minimum atomic E-state index is 0.266. The van der Waals surface area contributed by atoms with Crippen LogP contribution in [0.4, 0.5) is 0 Å². The highest BCUT2D eigenvalue weighted by Gasteiger charge is 2.02. The second-order valence-corrected chi connectivity index (χ2v) is 4.64. The standard InChI is InChI=1S/C13H20ClNO/c1-10-5-6-12(8-13(10)14)9-15-11(2)4-3-7-16/h5-6,8,11,15-16H,3-4,7,9H2,1-2H3. The summed E-state index contributed by atoms with van der Waals surface area (Å²) in [6, 6.07) is 6.56. The van der Waals surface area contributed by atoms with Crippen molar-refractivity contribution in [1.82, 2.24) is 5.32 Å². The Morgan fingerprint density at radius 1 is 1.44 bits per heavy atom. The van der Waals surface area contributed by atoms with E-state index in [1.807, 2.05) is 19.1 Å². The van der Waals surface area contributed by atoms with Gasteiger partial charge in [0.05, 0.1) is 0 Å². The molecule has 0 aliphatic heterocycles. The Kier molecular flexibility index (Phi) is 5.81. The topological polar surface area (TPSA) is 32.3 Å². The monoisotopic (exact) mass is 241 g/mol. The molecule has 0 amide bonds. The van der Waals surface area contributed by atoms with Gasteiger partial charge in [-0.15, -0.1) is 0 Å². The Bertz CT molecular complexity index is 328. The molecule has 1 aromatic carbocycles. The van der Waals surface area contributed by atoms with Gasteiger partial charge in [0.2, 0.25) is 0 Å². The van der Waals surface area contributed by atoms with Crippen LogP contribution < -0.4 is 5.32 Å². The quantitative estimate of drug-likeness (QED) is 0.803. The van der Waals surface area contributed by atoms with E-state index in [-0.39, 0.29) is 6.61 Å². The normalized spacial score (nSPS) is 12.8. The van der Waals surface area contributed by atoms with Gasteiger partial charge in [-0.3, -0.25) is 0 Å². The number of hydrogen-bond acceptors (Lipinski definition) is 2. The summed E-state index contributed by atoms with van der Waals surface area (Å²) in [5, 5.41) is 13.0. The minimum Gasteiger partial charge on any atom is -0.396 e. The lowest BCUT2D eigenvalue weighted by atomic mass is 10.1. The zero-order valence-corrected chi connectivity index (χ0v) is 10.7. The fraction of sp³-hybridized carbons (Fsp3) is 0.538. The third-order valence-corrected chi connectivity index (χ3v) is 3.09. The maximum Gasteiger partial charge on any atom is 0.0438 e. The van der Waals surface area contributed by atoms with E-state index in [9.17, 15) is 0 Å². The van der Waals surface area contributed by atoms with Crippen LogP contribution in [0.2, 0.25) is 5.02 Å². The molecule has 0 fully saturated rings. The van der Waals surface area contributed by atoms with Crippen molar-refractivity contribution < 1.29 is 5.11 Å². The van der Waals surface area contributed by atoms with Crippen LogP contribution in [0.3, 0.4) is 0 Å².